The second kappa shape index (κ2) is 9.02. The number of hydrogen-bond donors (Lipinski definition) is 3. The van der Waals surface area contributed by atoms with E-state index in [2.05, 4.69) is 26.7 Å². The van der Waals surface area contributed by atoms with Gasteiger partial charge in [-0.2, -0.15) is 0 Å². The zero-order valence-electron chi connectivity index (χ0n) is 15.8. The summed E-state index contributed by atoms with van der Waals surface area (Å²) < 4.78 is 6.22. The van der Waals surface area contributed by atoms with Crippen molar-refractivity contribution in [1.82, 2.24) is 20.6 Å². The Kier molecular flexibility index (Phi) is 6.86. The molecule has 0 radical (unpaired) electrons. The van der Waals surface area contributed by atoms with Gasteiger partial charge in [0.15, 0.2) is 0 Å². The minimum Gasteiger partial charge on any atom is -0.369 e. The van der Waals surface area contributed by atoms with Crippen LogP contribution in [-0.4, -0.2) is 35.6 Å². The number of H-pyrrole nitrogens is 1. The molecule has 1 spiro atoms. The lowest BCUT2D eigenvalue weighted by Crippen LogP contribution is -2.43. The Bertz CT molecular complexity index is 997. The van der Waals surface area contributed by atoms with E-state index in [0.717, 1.165) is 60.4 Å². The molecule has 5 rings (SSSR count). The Labute approximate surface area is 185 Å². The van der Waals surface area contributed by atoms with Crippen LogP contribution in [0.15, 0.2) is 30.6 Å². The molecule has 0 atom stereocenters. The summed E-state index contributed by atoms with van der Waals surface area (Å²) in [6, 6.07) is 8.07. The van der Waals surface area contributed by atoms with Crippen LogP contribution < -0.4 is 10.6 Å². The SMILES string of the molecule is Cl.Cl.O=C(NCc1ccc2nc[nH]c2c1)c1cc2c(s1)C1(CCNCC1)OCC2. The molecule has 9 heteroatoms. The fourth-order valence-electron chi connectivity index (χ4n) is 4.10. The van der Waals surface area contributed by atoms with E-state index in [0.29, 0.717) is 6.54 Å². The maximum absolute atomic E-state index is 12.7. The lowest BCUT2D eigenvalue weighted by Gasteiger charge is -2.40. The van der Waals surface area contributed by atoms with Crippen LogP contribution in [0.3, 0.4) is 0 Å². The highest BCUT2D eigenvalue weighted by Crippen LogP contribution is 2.44. The summed E-state index contributed by atoms with van der Waals surface area (Å²) in [7, 11) is 0. The lowest BCUT2D eigenvalue weighted by molar-refractivity contribution is -0.0771. The molecule has 2 aliphatic rings. The van der Waals surface area contributed by atoms with Crippen LogP contribution in [0.2, 0.25) is 0 Å². The number of halogens is 2. The molecule has 6 nitrogen and oxygen atoms in total. The maximum atomic E-state index is 12.7. The van der Waals surface area contributed by atoms with Crippen LogP contribution >= 0.6 is 36.2 Å². The number of aromatic amines is 1. The smallest absolute Gasteiger partial charge is 0.261 e. The first-order valence-electron chi connectivity index (χ1n) is 9.42. The highest BCUT2D eigenvalue weighted by atomic mass is 35.5. The molecule has 29 heavy (non-hydrogen) atoms. The van der Waals surface area contributed by atoms with Gasteiger partial charge in [0.1, 0.15) is 5.60 Å². The number of rotatable bonds is 3. The zero-order valence-corrected chi connectivity index (χ0v) is 18.3. The maximum Gasteiger partial charge on any atom is 0.261 e. The minimum absolute atomic E-state index is 0. The molecule has 1 saturated heterocycles. The minimum atomic E-state index is -0.187. The first kappa shape index (κ1) is 22.1. The van der Waals surface area contributed by atoms with E-state index in [-0.39, 0.29) is 36.3 Å². The van der Waals surface area contributed by atoms with Gasteiger partial charge in [-0.15, -0.1) is 36.2 Å². The molecule has 3 N–H and O–H groups in total. The van der Waals surface area contributed by atoms with Gasteiger partial charge in [0.05, 0.1) is 28.8 Å². The molecule has 2 aromatic heterocycles. The number of piperidine rings is 1. The number of carbonyl (C=O) groups is 1. The Morgan fingerprint density at radius 3 is 2.90 bits per heavy atom. The van der Waals surface area contributed by atoms with E-state index in [1.54, 1.807) is 17.7 Å². The Morgan fingerprint density at radius 1 is 1.24 bits per heavy atom. The molecule has 4 heterocycles. The number of amides is 1. The molecule has 156 valence electrons. The van der Waals surface area contributed by atoms with Crippen molar-refractivity contribution in [2.24, 2.45) is 0 Å². The van der Waals surface area contributed by atoms with Crippen LogP contribution in [0, 0.1) is 0 Å². The third-order valence-corrected chi connectivity index (χ3v) is 6.91. The number of fused-ring (bicyclic) bond motifs is 3. The summed E-state index contributed by atoms with van der Waals surface area (Å²) in [5.74, 6) is -0.0109. The molecule has 0 bridgehead atoms. The zero-order chi connectivity index (χ0) is 18.3. The number of hydrogen-bond acceptors (Lipinski definition) is 5. The number of thiophene rings is 1. The second-order valence-corrected chi connectivity index (χ2v) is 8.30. The first-order chi connectivity index (χ1) is 13.2. The van der Waals surface area contributed by atoms with Crippen LogP contribution in [0.1, 0.15) is 38.5 Å². The van der Waals surface area contributed by atoms with Gasteiger partial charge in [0, 0.05) is 11.4 Å². The number of nitrogens with one attached hydrogen (secondary N) is 3. The van der Waals surface area contributed by atoms with Gasteiger partial charge in [-0.25, -0.2) is 4.98 Å². The first-order valence-corrected chi connectivity index (χ1v) is 10.2. The molecular weight excluding hydrogens is 431 g/mol. The predicted octanol–water partition coefficient (Wildman–Crippen LogP) is 3.55. The molecule has 2 aliphatic heterocycles. The van der Waals surface area contributed by atoms with E-state index in [4.69, 9.17) is 4.74 Å². The molecule has 3 aromatic rings. The normalized spacial score (nSPS) is 17.2. The van der Waals surface area contributed by atoms with Crippen molar-refractivity contribution in [3.8, 4) is 0 Å². The highest BCUT2D eigenvalue weighted by molar-refractivity contribution is 7.14. The van der Waals surface area contributed by atoms with Gasteiger partial charge >= 0.3 is 0 Å². The van der Waals surface area contributed by atoms with E-state index in [1.165, 1.54) is 10.4 Å². The van der Waals surface area contributed by atoms with Crippen LogP contribution in [0.4, 0.5) is 0 Å². The fraction of sp³-hybridized carbons (Fsp3) is 0.400. The quantitative estimate of drug-likeness (QED) is 0.565. The van der Waals surface area contributed by atoms with Gasteiger partial charge in [0.2, 0.25) is 0 Å². The summed E-state index contributed by atoms with van der Waals surface area (Å²) in [4.78, 5) is 22.1. The number of benzene rings is 1. The standard InChI is InChI=1S/C20H22N4O2S.2ClH/c25-19(22-11-13-1-2-15-16(9-13)24-12-23-15)17-10-14-3-8-26-20(18(14)27-17)4-6-21-7-5-20;;/h1-2,9-10,12,21H,3-8,11H2,(H,22,25)(H,23,24);2*1H. The Morgan fingerprint density at radius 2 is 2.07 bits per heavy atom. The molecule has 0 saturated carbocycles. The molecule has 1 amide bonds. The largest absolute Gasteiger partial charge is 0.369 e. The van der Waals surface area contributed by atoms with E-state index >= 15 is 0 Å². The molecular formula is C20H24Cl2N4O2S. The predicted molar refractivity (Wildman–Crippen MR) is 120 cm³/mol. The van der Waals surface area contributed by atoms with Crippen molar-refractivity contribution in [2.75, 3.05) is 19.7 Å². The van der Waals surface area contributed by atoms with Gasteiger partial charge in [-0.1, -0.05) is 6.07 Å². The van der Waals surface area contributed by atoms with Gasteiger partial charge < -0.3 is 20.4 Å². The molecule has 1 aromatic carbocycles. The number of ether oxygens (including phenoxy) is 1. The lowest BCUT2D eigenvalue weighted by atomic mass is 9.86. The van der Waals surface area contributed by atoms with Crippen molar-refractivity contribution in [1.29, 1.82) is 0 Å². The average molecular weight is 455 g/mol. The van der Waals surface area contributed by atoms with E-state index in [9.17, 15) is 4.79 Å². The van der Waals surface area contributed by atoms with Crippen LogP contribution in [-0.2, 0) is 23.3 Å². The number of imidazole rings is 1. The third kappa shape index (κ3) is 4.15. The van der Waals surface area contributed by atoms with E-state index < -0.39 is 0 Å². The van der Waals surface area contributed by atoms with Crippen molar-refractivity contribution in [2.45, 2.75) is 31.4 Å². The average Bonchev–Trinajstić information content (AvgIpc) is 3.34. The third-order valence-electron chi connectivity index (χ3n) is 5.55. The summed E-state index contributed by atoms with van der Waals surface area (Å²) in [5.41, 5.74) is 4.08. The van der Waals surface area contributed by atoms with Crippen LogP contribution in [0.25, 0.3) is 11.0 Å². The Hall–Kier alpha value is -1.64. The molecule has 1 fully saturated rings. The summed E-state index contributed by atoms with van der Waals surface area (Å²) >= 11 is 1.61. The molecule has 0 aliphatic carbocycles. The van der Waals surface area contributed by atoms with Crippen molar-refractivity contribution < 1.29 is 9.53 Å². The summed E-state index contributed by atoms with van der Waals surface area (Å²) in [5, 5.41) is 6.46. The Balaban J connectivity index is 0.00000120. The van der Waals surface area contributed by atoms with Crippen molar-refractivity contribution in [3.63, 3.8) is 0 Å². The highest BCUT2D eigenvalue weighted by Gasteiger charge is 2.41. The summed E-state index contributed by atoms with van der Waals surface area (Å²) in [6.07, 6.45) is 4.53. The van der Waals surface area contributed by atoms with E-state index in [1.807, 2.05) is 18.2 Å². The van der Waals surface area contributed by atoms with Crippen LogP contribution in [0.5, 0.6) is 0 Å². The van der Waals surface area contributed by atoms with Gasteiger partial charge in [-0.05, 0) is 61.7 Å². The second-order valence-electron chi connectivity index (χ2n) is 7.24. The summed E-state index contributed by atoms with van der Waals surface area (Å²) in [6.45, 7) is 3.18. The van der Waals surface area contributed by atoms with Gasteiger partial charge in [0.25, 0.3) is 5.91 Å². The number of aromatic nitrogens is 2. The van der Waals surface area contributed by atoms with Crippen molar-refractivity contribution in [3.05, 3.63) is 51.5 Å². The monoisotopic (exact) mass is 454 g/mol. The fourth-order valence-corrected chi connectivity index (χ4v) is 5.43. The number of carbonyl (C=O) groups excluding carboxylic acids is 1. The number of nitrogens with zero attached hydrogens (tertiary/aromatic N) is 1. The molecule has 0 unspecified atom stereocenters. The van der Waals surface area contributed by atoms with Crippen molar-refractivity contribution >= 4 is 53.1 Å². The topological polar surface area (TPSA) is 79.0 Å². The van der Waals surface area contributed by atoms with Gasteiger partial charge in [-0.3, -0.25) is 4.79 Å².